The van der Waals surface area contributed by atoms with E-state index in [1.807, 2.05) is 34.7 Å². The third-order valence-electron chi connectivity index (χ3n) is 1.80. The van der Waals surface area contributed by atoms with Gasteiger partial charge in [0.2, 0.25) is 5.88 Å². The Kier molecular flexibility index (Phi) is 3.28. The quantitative estimate of drug-likeness (QED) is 0.800. The Morgan fingerprint density at radius 1 is 1.21 bits per heavy atom. The van der Waals surface area contributed by atoms with Gasteiger partial charge in [-0.1, -0.05) is 0 Å². The van der Waals surface area contributed by atoms with Crippen LogP contribution in [0.2, 0.25) is 0 Å². The molecule has 0 aromatic carbocycles. The summed E-state index contributed by atoms with van der Waals surface area (Å²) in [7, 11) is 1.84. The molecule has 1 N–H and O–H groups in total. The monoisotopic (exact) mass is 195 g/mol. The van der Waals surface area contributed by atoms with Crippen LogP contribution in [0.5, 0.6) is 5.88 Å². The summed E-state index contributed by atoms with van der Waals surface area (Å²) in [6, 6.07) is 0. The third-order valence-corrected chi connectivity index (χ3v) is 1.80. The van der Waals surface area contributed by atoms with Crippen LogP contribution in [0.25, 0.3) is 0 Å². The van der Waals surface area contributed by atoms with E-state index in [-0.39, 0.29) is 6.10 Å². The number of aromatic nitrogens is 2. The number of rotatable bonds is 3. The summed E-state index contributed by atoms with van der Waals surface area (Å²) in [6.45, 7) is 7.77. The predicted molar refractivity (Wildman–Crippen MR) is 56.8 cm³/mol. The molecule has 0 atom stereocenters. The van der Waals surface area contributed by atoms with Crippen LogP contribution in [0.4, 0.5) is 5.82 Å². The van der Waals surface area contributed by atoms with Crippen LogP contribution in [-0.4, -0.2) is 23.1 Å². The molecule has 1 aromatic heterocycles. The van der Waals surface area contributed by atoms with Crippen molar-refractivity contribution >= 4 is 5.82 Å². The molecule has 0 unspecified atom stereocenters. The topological polar surface area (TPSA) is 47.0 Å². The molecular formula is C10H17N3O. The van der Waals surface area contributed by atoms with Crippen molar-refractivity contribution < 1.29 is 4.74 Å². The van der Waals surface area contributed by atoms with E-state index in [0.717, 1.165) is 17.2 Å². The maximum atomic E-state index is 5.58. The van der Waals surface area contributed by atoms with Crippen molar-refractivity contribution in [3.8, 4) is 5.88 Å². The number of hydrogen-bond donors (Lipinski definition) is 1. The first-order valence-corrected chi connectivity index (χ1v) is 4.74. The number of nitrogens with zero attached hydrogens (tertiary/aromatic N) is 2. The van der Waals surface area contributed by atoms with Crippen LogP contribution in [0, 0.1) is 13.8 Å². The highest BCUT2D eigenvalue weighted by Crippen LogP contribution is 2.22. The van der Waals surface area contributed by atoms with E-state index in [9.17, 15) is 0 Å². The minimum atomic E-state index is 0.132. The zero-order valence-corrected chi connectivity index (χ0v) is 9.38. The van der Waals surface area contributed by atoms with Crippen LogP contribution in [0.15, 0.2) is 0 Å². The molecule has 0 saturated carbocycles. The lowest BCUT2D eigenvalue weighted by molar-refractivity contribution is 0.230. The molecule has 0 aliphatic carbocycles. The highest BCUT2D eigenvalue weighted by atomic mass is 16.5. The van der Waals surface area contributed by atoms with Crippen LogP contribution < -0.4 is 10.1 Å². The zero-order valence-electron chi connectivity index (χ0n) is 9.38. The second-order valence-corrected chi connectivity index (χ2v) is 3.47. The van der Waals surface area contributed by atoms with Gasteiger partial charge in [-0.2, -0.15) is 4.98 Å². The number of hydrogen-bond acceptors (Lipinski definition) is 4. The van der Waals surface area contributed by atoms with Crippen molar-refractivity contribution in [2.45, 2.75) is 33.8 Å². The zero-order chi connectivity index (χ0) is 10.7. The highest BCUT2D eigenvalue weighted by molar-refractivity contribution is 5.47. The van der Waals surface area contributed by atoms with Gasteiger partial charge in [0.15, 0.2) is 0 Å². The molecular weight excluding hydrogens is 178 g/mol. The Morgan fingerprint density at radius 2 is 1.86 bits per heavy atom. The summed E-state index contributed by atoms with van der Waals surface area (Å²) < 4.78 is 5.58. The van der Waals surface area contributed by atoms with E-state index in [1.54, 1.807) is 0 Å². The lowest BCUT2D eigenvalue weighted by Gasteiger charge is -2.13. The molecule has 1 heterocycles. The summed E-state index contributed by atoms with van der Waals surface area (Å²) in [5.41, 5.74) is 0.951. The summed E-state index contributed by atoms with van der Waals surface area (Å²) in [5, 5.41) is 3.02. The second kappa shape index (κ2) is 4.26. The molecule has 4 nitrogen and oxygen atoms in total. The van der Waals surface area contributed by atoms with Crippen molar-refractivity contribution in [3.63, 3.8) is 0 Å². The first-order valence-electron chi connectivity index (χ1n) is 4.74. The number of ether oxygens (including phenoxy) is 1. The Labute approximate surface area is 84.7 Å². The van der Waals surface area contributed by atoms with Gasteiger partial charge in [-0.25, -0.2) is 4.98 Å². The number of anilines is 1. The van der Waals surface area contributed by atoms with Crippen molar-refractivity contribution in [2.75, 3.05) is 12.4 Å². The van der Waals surface area contributed by atoms with Crippen molar-refractivity contribution in [1.82, 2.24) is 9.97 Å². The number of aryl methyl sites for hydroxylation is 1. The maximum absolute atomic E-state index is 5.58. The molecule has 0 fully saturated rings. The van der Waals surface area contributed by atoms with Crippen molar-refractivity contribution in [1.29, 1.82) is 0 Å². The second-order valence-electron chi connectivity index (χ2n) is 3.47. The molecule has 0 radical (unpaired) electrons. The normalized spacial score (nSPS) is 10.4. The first kappa shape index (κ1) is 10.8. The smallest absolute Gasteiger partial charge is 0.222 e. The van der Waals surface area contributed by atoms with Crippen LogP contribution in [0.3, 0.4) is 0 Å². The van der Waals surface area contributed by atoms with Crippen LogP contribution in [-0.2, 0) is 0 Å². The lowest BCUT2D eigenvalue weighted by Crippen LogP contribution is -2.11. The van der Waals surface area contributed by atoms with Crippen LogP contribution in [0.1, 0.15) is 25.2 Å². The summed E-state index contributed by atoms with van der Waals surface area (Å²) in [5.74, 6) is 2.21. The molecule has 0 aliphatic heterocycles. The molecule has 1 aromatic rings. The molecule has 0 bridgehead atoms. The van der Waals surface area contributed by atoms with Gasteiger partial charge in [0.05, 0.1) is 11.7 Å². The Morgan fingerprint density at radius 3 is 2.36 bits per heavy atom. The van der Waals surface area contributed by atoms with E-state index in [0.29, 0.717) is 5.88 Å². The van der Waals surface area contributed by atoms with Gasteiger partial charge in [0.25, 0.3) is 0 Å². The fourth-order valence-corrected chi connectivity index (χ4v) is 1.18. The summed E-state index contributed by atoms with van der Waals surface area (Å²) in [4.78, 5) is 8.51. The molecule has 0 aliphatic rings. The average Bonchev–Trinajstić information content (AvgIpc) is 2.09. The number of nitrogens with one attached hydrogen (secondary N) is 1. The summed E-state index contributed by atoms with van der Waals surface area (Å²) >= 11 is 0. The third kappa shape index (κ3) is 2.34. The van der Waals surface area contributed by atoms with E-state index >= 15 is 0 Å². The molecule has 0 saturated heterocycles. The van der Waals surface area contributed by atoms with Crippen molar-refractivity contribution in [3.05, 3.63) is 11.4 Å². The largest absolute Gasteiger partial charge is 0.475 e. The summed E-state index contributed by atoms with van der Waals surface area (Å²) in [6.07, 6.45) is 0.132. The molecule has 78 valence electrons. The van der Waals surface area contributed by atoms with Gasteiger partial charge in [0, 0.05) is 7.05 Å². The fraction of sp³-hybridized carbons (Fsp3) is 0.600. The van der Waals surface area contributed by atoms with E-state index < -0.39 is 0 Å². The standard InChI is InChI=1S/C10H17N3O/c1-6(2)14-10-7(3)9(11-5)12-8(4)13-10/h6H,1-5H3,(H,11,12,13). The maximum Gasteiger partial charge on any atom is 0.222 e. The minimum absolute atomic E-state index is 0.132. The Bertz CT molecular complexity index is 323. The van der Waals surface area contributed by atoms with Gasteiger partial charge in [-0.05, 0) is 27.7 Å². The molecule has 4 heteroatoms. The van der Waals surface area contributed by atoms with Crippen LogP contribution >= 0.6 is 0 Å². The SMILES string of the molecule is CNc1nc(C)nc(OC(C)C)c1C. The molecule has 14 heavy (non-hydrogen) atoms. The van der Waals surface area contributed by atoms with E-state index in [2.05, 4.69) is 15.3 Å². The van der Waals surface area contributed by atoms with Gasteiger partial charge in [-0.15, -0.1) is 0 Å². The van der Waals surface area contributed by atoms with E-state index in [4.69, 9.17) is 4.74 Å². The first-order chi connectivity index (χ1) is 6.54. The van der Waals surface area contributed by atoms with Gasteiger partial charge < -0.3 is 10.1 Å². The van der Waals surface area contributed by atoms with Gasteiger partial charge in [-0.3, -0.25) is 0 Å². The highest BCUT2D eigenvalue weighted by Gasteiger charge is 2.09. The average molecular weight is 195 g/mol. The lowest BCUT2D eigenvalue weighted by atomic mass is 10.3. The Balaban J connectivity index is 3.08. The van der Waals surface area contributed by atoms with Gasteiger partial charge >= 0.3 is 0 Å². The van der Waals surface area contributed by atoms with E-state index in [1.165, 1.54) is 0 Å². The molecule has 1 rings (SSSR count). The Hall–Kier alpha value is -1.32. The molecule has 0 amide bonds. The van der Waals surface area contributed by atoms with Crippen molar-refractivity contribution in [2.24, 2.45) is 0 Å². The minimum Gasteiger partial charge on any atom is -0.475 e. The molecule has 0 spiro atoms. The fourth-order valence-electron chi connectivity index (χ4n) is 1.18. The predicted octanol–water partition coefficient (Wildman–Crippen LogP) is 1.92. The van der Waals surface area contributed by atoms with Gasteiger partial charge in [0.1, 0.15) is 11.6 Å².